The van der Waals surface area contributed by atoms with Crippen LogP contribution in [-0.2, 0) is 9.53 Å². The molecule has 0 spiro atoms. The summed E-state index contributed by atoms with van der Waals surface area (Å²) in [6.45, 7) is 7.77. The first-order valence-corrected chi connectivity index (χ1v) is 5.91. The van der Waals surface area contributed by atoms with Gasteiger partial charge in [0.1, 0.15) is 0 Å². The molecule has 0 saturated carbocycles. The van der Waals surface area contributed by atoms with Crippen LogP contribution in [0.1, 0.15) is 53.4 Å². The Balaban J connectivity index is 3.90. The summed E-state index contributed by atoms with van der Waals surface area (Å²) in [7, 11) is 0. The monoisotopic (exact) mass is 216 g/mol. The first-order chi connectivity index (χ1) is 7.02. The van der Waals surface area contributed by atoms with Crippen molar-refractivity contribution in [3.05, 3.63) is 0 Å². The summed E-state index contributed by atoms with van der Waals surface area (Å²) in [6.07, 6.45) is 2.73. The average molecular weight is 216 g/mol. The highest BCUT2D eigenvalue weighted by molar-refractivity contribution is 5.74. The zero-order valence-electron chi connectivity index (χ0n) is 10.3. The number of hydrogen-bond donors (Lipinski definition) is 1. The van der Waals surface area contributed by atoms with E-state index in [0.717, 1.165) is 25.7 Å². The molecule has 0 aliphatic carbocycles. The van der Waals surface area contributed by atoms with E-state index in [1.807, 2.05) is 20.8 Å². The van der Waals surface area contributed by atoms with Crippen LogP contribution in [0.15, 0.2) is 0 Å². The van der Waals surface area contributed by atoms with E-state index in [2.05, 4.69) is 6.92 Å². The number of carbonyl (C=O) groups excluding carboxylic acids is 1. The molecule has 0 aliphatic rings. The number of aliphatic hydroxyl groups excluding tert-OH is 1. The Morgan fingerprint density at radius 1 is 1.33 bits per heavy atom. The number of ether oxygens (including phenoxy) is 1. The van der Waals surface area contributed by atoms with Crippen molar-refractivity contribution in [3.8, 4) is 0 Å². The highest BCUT2D eigenvalue weighted by atomic mass is 16.6. The fourth-order valence-electron chi connectivity index (χ4n) is 1.27. The molecule has 3 nitrogen and oxygen atoms in total. The smallest absolute Gasteiger partial charge is 0.335 e. The van der Waals surface area contributed by atoms with E-state index in [-0.39, 0.29) is 12.0 Å². The van der Waals surface area contributed by atoms with E-state index < -0.39 is 12.1 Å². The Morgan fingerprint density at radius 3 is 2.40 bits per heavy atom. The third-order valence-electron chi connectivity index (χ3n) is 2.71. The number of esters is 1. The second kappa shape index (κ2) is 7.69. The third-order valence-corrected chi connectivity index (χ3v) is 2.71. The lowest BCUT2D eigenvalue weighted by Crippen LogP contribution is -2.31. The van der Waals surface area contributed by atoms with Gasteiger partial charge in [-0.3, -0.25) is 0 Å². The standard InChI is InChI=1S/C12H24O3/c1-5-7-8-10(4)15-12(14)11(13)9(3)6-2/h9-11,13H,5-8H2,1-4H3. The molecule has 0 aromatic rings. The number of unbranched alkanes of at least 4 members (excludes halogenated alkanes) is 1. The van der Waals surface area contributed by atoms with E-state index in [1.165, 1.54) is 0 Å². The second-order valence-corrected chi connectivity index (χ2v) is 4.22. The minimum absolute atomic E-state index is 0.0316. The van der Waals surface area contributed by atoms with Gasteiger partial charge >= 0.3 is 5.97 Å². The molecule has 90 valence electrons. The van der Waals surface area contributed by atoms with Crippen LogP contribution in [-0.4, -0.2) is 23.3 Å². The molecule has 0 saturated heterocycles. The van der Waals surface area contributed by atoms with Crippen molar-refractivity contribution >= 4 is 5.97 Å². The van der Waals surface area contributed by atoms with Crippen molar-refractivity contribution in [1.82, 2.24) is 0 Å². The predicted molar refractivity (Wildman–Crippen MR) is 60.5 cm³/mol. The largest absolute Gasteiger partial charge is 0.461 e. The Labute approximate surface area is 92.8 Å². The molecule has 3 atom stereocenters. The Hall–Kier alpha value is -0.570. The molecule has 1 N–H and O–H groups in total. The molecule has 0 bridgehead atoms. The van der Waals surface area contributed by atoms with Gasteiger partial charge in [0.25, 0.3) is 0 Å². The first kappa shape index (κ1) is 14.4. The van der Waals surface area contributed by atoms with Gasteiger partial charge in [-0.1, -0.05) is 40.0 Å². The van der Waals surface area contributed by atoms with Gasteiger partial charge in [0, 0.05) is 0 Å². The molecule has 3 unspecified atom stereocenters. The maximum Gasteiger partial charge on any atom is 0.335 e. The van der Waals surface area contributed by atoms with E-state index in [1.54, 1.807) is 0 Å². The zero-order chi connectivity index (χ0) is 11.8. The molecule has 0 amide bonds. The molecule has 15 heavy (non-hydrogen) atoms. The first-order valence-electron chi connectivity index (χ1n) is 5.91. The van der Waals surface area contributed by atoms with E-state index in [9.17, 15) is 9.90 Å². The van der Waals surface area contributed by atoms with Gasteiger partial charge in [-0.05, 0) is 19.3 Å². The van der Waals surface area contributed by atoms with E-state index in [0.29, 0.717) is 0 Å². The van der Waals surface area contributed by atoms with Crippen molar-refractivity contribution in [2.24, 2.45) is 5.92 Å². The highest BCUT2D eigenvalue weighted by Gasteiger charge is 2.23. The van der Waals surface area contributed by atoms with Crippen LogP contribution in [0.3, 0.4) is 0 Å². The molecule has 0 radical (unpaired) electrons. The van der Waals surface area contributed by atoms with Crippen molar-refractivity contribution in [1.29, 1.82) is 0 Å². The van der Waals surface area contributed by atoms with Crippen molar-refractivity contribution < 1.29 is 14.6 Å². The summed E-state index contributed by atoms with van der Waals surface area (Å²) >= 11 is 0. The maximum absolute atomic E-state index is 11.4. The van der Waals surface area contributed by atoms with Crippen LogP contribution in [0.5, 0.6) is 0 Å². The Kier molecular flexibility index (Phi) is 7.39. The SMILES string of the molecule is CCCCC(C)OC(=O)C(O)C(C)CC. The van der Waals surface area contributed by atoms with Gasteiger partial charge in [-0.2, -0.15) is 0 Å². The van der Waals surface area contributed by atoms with Gasteiger partial charge in [-0.25, -0.2) is 4.79 Å². The summed E-state index contributed by atoms with van der Waals surface area (Å²) in [4.78, 5) is 11.4. The summed E-state index contributed by atoms with van der Waals surface area (Å²) in [5, 5.41) is 9.59. The molecular weight excluding hydrogens is 192 g/mol. The number of rotatable bonds is 7. The fraction of sp³-hybridized carbons (Fsp3) is 0.917. The minimum Gasteiger partial charge on any atom is -0.461 e. The quantitative estimate of drug-likeness (QED) is 0.665. The highest BCUT2D eigenvalue weighted by Crippen LogP contribution is 2.11. The van der Waals surface area contributed by atoms with Gasteiger partial charge in [0.05, 0.1) is 6.10 Å². The average Bonchev–Trinajstić information content (AvgIpc) is 2.23. The Bertz CT molecular complexity index is 180. The van der Waals surface area contributed by atoms with E-state index in [4.69, 9.17) is 4.74 Å². The number of aliphatic hydroxyl groups is 1. The fourth-order valence-corrected chi connectivity index (χ4v) is 1.27. The van der Waals surface area contributed by atoms with Crippen LogP contribution < -0.4 is 0 Å². The molecule has 3 heteroatoms. The summed E-state index contributed by atoms with van der Waals surface area (Å²) < 4.78 is 5.15. The summed E-state index contributed by atoms with van der Waals surface area (Å²) in [6, 6.07) is 0. The molecule has 0 heterocycles. The van der Waals surface area contributed by atoms with Gasteiger partial charge in [0.2, 0.25) is 0 Å². The van der Waals surface area contributed by atoms with Crippen LogP contribution in [0, 0.1) is 5.92 Å². The third kappa shape index (κ3) is 5.78. The molecular formula is C12H24O3. The van der Waals surface area contributed by atoms with Gasteiger partial charge < -0.3 is 9.84 Å². The summed E-state index contributed by atoms with van der Waals surface area (Å²) in [5.41, 5.74) is 0. The second-order valence-electron chi connectivity index (χ2n) is 4.22. The molecule has 0 aromatic carbocycles. The molecule has 0 rings (SSSR count). The number of hydrogen-bond acceptors (Lipinski definition) is 3. The van der Waals surface area contributed by atoms with Gasteiger partial charge in [-0.15, -0.1) is 0 Å². The molecule has 0 fully saturated rings. The molecule has 0 aromatic heterocycles. The van der Waals surface area contributed by atoms with Crippen molar-refractivity contribution in [2.45, 2.75) is 65.6 Å². The van der Waals surface area contributed by atoms with Gasteiger partial charge in [0.15, 0.2) is 6.10 Å². The molecule has 0 aliphatic heterocycles. The predicted octanol–water partition coefficient (Wildman–Crippen LogP) is 2.52. The zero-order valence-corrected chi connectivity index (χ0v) is 10.3. The van der Waals surface area contributed by atoms with Crippen molar-refractivity contribution in [3.63, 3.8) is 0 Å². The van der Waals surface area contributed by atoms with Crippen LogP contribution in [0.4, 0.5) is 0 Å². The van der Waals surface area contributed by atoms with Crippen LogP contribution >= 0.6 is 0 Å². The normalized spacial score (nSPS) is 16.9. The minimum atomic E-state index is -0.973. The van der Waals surface area contributed by atoms with Crippen molar-refractivity contribution in [2.75, 3.05) is 0 Å². The summed E-state index contributed by atoms with van der Waals surface area (Å²) in [5.74, 6) is -0.510. The lowest BCUT2D eigenvalue weighted by Gasteiger charge is -2.19. The van der Waals surface area contributed by atoms with Crippen LogP contribution in [0.25, 0.3) is 0 Å². The number of carbonyl (C=O) groups is 1. The lowest BCUT2D eigenvalue weighted by molar-refractivity contribution is -0.161. The van der Waals surface area contributed by atoms with E-state index >= 15 is 0 Å². The lowest BCUT2D eigenvalue weighted by atomic mass is 10.0. The topological polar surface area (TPSA) is 46.5 Å². The Morgan fingerprint density at radius 2 is 1.93 bits per heavy atom. The maximum atomic E-state index is 11.4. The van der Waals surface area contributed by atoms with Crippen LogP contribution in [0.2, 0.25) is 0 Å².